The molecule has 0 heterocycles. The van der Waals surface area contributed by atoms with Crippen LogP contribution in [-0.2, 0) is 4.79 Å². The Morgan fingerprint density at radius 2 is 2.19 bits per heavy atom. The molecule has 5 heteroatoms. The van der Waals surface area contributed by atoms with Gasteiger partial charge < -0.3 is 10.2 Å². The summed E-state index contributed by atoms with van der Waals surface area (Å²) in [6.45, 7) is 2.20. The lowest BCUT2D eigenvalue weighted by atomic mass is 9.90. The number of nitrogens with one attached hydrogen (secondary N) is 1. The highest BCUT2D eigenvalue weighted by atomic mass is 16.3. The van der Waals surface area contributed by atoms with Crippen LogP contribution < -0.4 is 5.43 Å². The fraction of sp³-hybridized carbons (Fsp3) is 0.500. The summed E-state index contributed by atoms with van der Waals surface area (Å²) >= 11 is 0. The quantitative estimate of drug-likeness (QED) is 0.454. The molecule has 1 aromatic rings. The van der Waals surface area contributed by atoms with E-state index in [9.17, 15) is 15.0 Å². The molecule has 0 spiro atoms. The highest BCUT2D eigenvalue weighted by Gasteiger charge is 2.64. The van der Waals surface area contributed by atoms with Crippen LogP contribution in [0, 0.1) is 17.3 Å². The first-order chi connectivity index (χ1) is 10.0. The number of amides is 1. The molecule has 3 N–H and O–H groups in total. The van der Waals surface area contributed by atoms with Crippen molar-refractivity contribution in [1.29, 1.82) is 0 Å². The van der Waals surface area contributed by atoms with Gasteiger partial charge in [-0.2, -0.15) is 5.10 Å². The third kappa shape index (κ3) is 2.48. The second-order valence-corrected chi connectivity index (χ2v) is 6.32. The number of fused-ring (bicyclic) bond motifs is 1. The Morgan fingerprint density at radius 1 is 1.38 bits per heavy atom. The Kier molecular flexibility index (Phi) is 3.35. The number of aromatic hydroxyl groups is 2. The average molecular weight is 288 g/mol. The van der Waals surface area contributed by atoms with Gasteiger partial charge in [0, 0.05) is 5.92 Å². The van der Waals surface area contributed by atoms with Gasteiger partial charge in [0.2, 0.25) is 5.91 Å². The molecule has 5 nitrogen and oxygen atoms in total. The summed E-state index contributed by atoms with van der Waals surface area (Å²) < 4.78 is 0. The Morgan fingerprint density at radius 3 is 2.86 bits per heavy atom. The van der Waals surface area contributed by atoms with Crippen molar-refractivity contribution in [2.75, 3.05) is 0 Å². The maximum atomic E-state index is 12.2. The number of rotatable bonds is 3. The molecular weight excluding hydrogens is 268 g/mol. The van der Waals surface area contributed by atoms with Gasteiger partial charge >= 0.3 is 0 Å². The smallest absolute Gasteiger partial charge is 0.244 e. The van der Waals surface area contributed by atoms with Crippen molar-refractivity contribution < 1.29 is 15.0 Å². The standard InChI is InChI=1S/C16H20N2O3/c1-16-7-3-2-4-11(16)14(16)15(21)18-17-9-10-5-6-12(19)13(20)8-10/h5-6,8-9,11,14,19-20H,2-4,7H2,1H3,(H,18,21)/b17-9-/t11-,14-,16+/m1/s1. The largest absolute Gasteiger partial charge is 0.504 e. The van der Waals surface area contributed by atoms with Crippen LogP contribution in [0.4, 0.5) is 0 Å². The number of benzene rings is 1. The highest BCUT2D eigenvalue weighted by molar-refractivity contribution is 5.86. The van der Waals surface area contributed by atoms with E-state index in [0.29, 0.717) is 11.5 Å². The van der Waals surface area contributed by atoms with E-state index in [2.05, 4.69) is 17.5 Å². The molecular formula is C16H20N2O3. The van der Waals surface area contributed by atoms with Crippen LogP contribution in [0.2, 0.25) is 0 Å². The van der Waals surface area contributed by atoms with E-state index in [1.165, 1.54) is 31.2 Å². The SMILES string of the molecule is C[C@]12CCCC[C@@H]1[C@@H]2C(=O)N/N=C\c1ccc(O)c(O)c1. The lowest BCUT2D eigenvalue weighted by Crippen LogP contribution is -2.22. The van der Waals surface area contributed by atoms with Crippen LogP contribution in [0.25, 0.3) is 0 Å². The van der Waals surface area contributed by atoms with Gasteiger partial charge in [0.15, 0.2) is 11.5 Å². The number of hydrogen-bond donors (Lipinski definition) is 3. The van der Waals surface area contributed by atoms with E-state index in [1.54, 1.807) is 6.07 Å². The van der Waals surface area contributed by atoms with E-state index in [0.717, 1.165) is 12.8 Å². The minimum Gasteiger partial charge on any atom is -0.504 e. The molecule has 2 aliphatic rings. The summed E-state index contributed by atoms with van der Waals surface area (Å²) in [6.07, 6.45) is 6.17. The van der Waals surface area contributed by atoms with Gasteiger partial charge in [-0.05, 0) is 47.9 Å². The number of carbonyl (C=O) groups is 1. The Hall–Kier alpha value is -2.04. The molecule has 0 aliphatic heterocycles. The van der Waals surface area contributed by atoms with Crippen molar-refractivity contribution in [1.82, 2.24) is 5.43 Å². The normalized spacial score (nSPS) is 30.9. The van der Waals surface area contributed by atoms with E-state index < -0.39 is 0 Å². The summed E-state index contributed by atoms with van der Waals surface area (Å²) in [4.78, 5) is 12.2. The molecule has 0 unspecified atom stereocenters. The molecule has 1 aromatic carbocycles. The van der Waals surface area contributed by atoms with Crippen LogP contribution in [0.3, 0.4) is 0 Å². The predicted octanol–water partition coefficient (Wildman–Crippen LogP) is 2.37. The first kappa shape index (κ1) is 13.9. The van der Waals surface area contributed by atoms with Crippen molar-refractivity contribution in [3.05, 3.63) is 23.8 Å². The molecule has 21 heavy (non-hydrogen) atoms. The van der Waals surface area contributed by atoms with Gasteiger partial charge in [0.05, 0.1) is 6.21 Å². The zero-order chi connectivity index (χ0) is 15.0. The Labute approximate surface area is 123 Å². The lowest BCUT2D eigenvalue weighted by Gasteiger charge is -2.15. The van der Waals surface area contributed by atoms with Gasteiger partial charge in [0.1, 0.15) is 0 Å². The lowest BCUT2D eigenvalue weighted by molar-refractivity contribution is -0.123. The molecule has 1 amide bonds. The maximum Gasteiger partial charge on any atom is 0.244 e. The van der Waals surface area contributed by atoms with Crippen LogP contribution in [0.5, 0.6) is 11.5 Å². The molecule has 2 aliphatic carbocycles. The molecule has 2 saturated carbocycles. The van der Waals surface area contributed by atoms with Crippen LogP contribution in [0.1, 0.15) is 38.2 Å². The number of hydrazone groups is 1. The second kappa shape index (κ2) is 5.06. The first-order valence-corrected chi connectivity index (χ1v) is 7.37. The zero-order valence-electron chi connectivity index (χ0n) is 12.0. The van der Waals surface area contributed by atoms with Gasteiger partial charge in [-0.1, -0.05) is 19.8 Å². The topological polar surface area (TPSA) is 81.9 Å². The number of nitrogens with zero attached hydrogens (tertiary/aromatic N) is 1. The van der Waals surface area contributed by atoms with E-state index >= 15 is 0 Å². The number of carbonyl (C=O) groups excluding carboxylic acids is 1. The molecule has 0 saturated heterocycles. The summed E-state index contributed by atoms with van der Waals surface area (Å²) in [5, 5.41) is 22.5. The summed E-state index contributed by atoms with van der Waals surface area (Å²) in [7, 11) is 0. The second-order valence-electron chi connectivity index (χ2n) is 6.32. The minimum absolute atomic E-state index is 0.0105. The van der Waals surface area contributed by atoms with E-state index in [-0.39, 0.29) is 28.7 Å². The van der Waals surface area contributed by atoms with Crippen LogP contribution >= 0.6 is 0 Å². The van der Waals surface area contributed by atoms with Crippen molar-refractivity contribution in [2.24, 2.45) is 22.4 Å². The predicted molar refractivity (Wildman–Crippen MR) is 79.1 cm³/mol. The minimum atomic E-state index is -0.203. The van der Waals surface area contributed by atoms with Crippen LogP contribution in [0.15, 0.2) is 23.3 Å². The van der Waals surface area contributed by atoms with Gasteiger partial charge in [0.25, 0.3) is 0 Å². The number of phenolic OH excluding ortho intramolecular Hbond substituents is 2. The molecule has 3 atom stereocenters. The third-order valence-corrected chi connectivity index (χ3v) is 5.00. The van der Waals surface area contributed by atoms with Crippen LogP contribution in [-0.4, -0.2) is 22.3 Å². The Bertz CT molecular complexity index is 599. The molecule has 0 aromatic heterocycles. The van der Waals surface area contributed by atoms with E-state index in [1.807, 2.05) is 0 Å². The van der Waals surface area contributed by atoms with Gasteiger partial charge in [-0.25, -0.2) is 5.43 Å². The Balaban J connectivity index is 1.59. The highest BCUT2D eigenvalue weighted by Crippen LogP contribution is 2.66. The summed E-state index contributed by atoms with van der Waals surface area (Å²) in [5.41, 5.74) is 3.39. The first-order valence-electron chi connectivity index (χ1n) is 7.37. The number of phenols is 2. The maximum absolute atomic E-state index is 12.2. The van der Waals surface area contributed by atoms with E-state index in [4.69, 9.17) is 0 Å². The monoisotopic (exact) mass is 288 g/mol. The average Bonchev–Trinajstić information content (AvgIpc) is 3.08. The van der Waals surface area contributed by atoms with Gasteiger partial charge in [-0.3, -0.25) is 4.79 Å². The van der Waals surface area contributed by atoms with Crippen molar-refractivity contribution in [2.45, 2.75) is 32.6 Å². The molecule has 3 rings (SSSR count). The zero-order valence-corrected chi connectivity index (χ0v) is 12.0. The molecule has 2 fully saturated rings. The van der Waals surface area contributed by atoms with Crippen molar-refractivity contribution in [3.63, 3.8) is 0 Å². The molecule has 112 valence electrons. The van der Waals surface area contributed by atoms with Crippen molar-refractivity contribution >= 4 is 12.1 Å². The van der Waals surface area contributed by atoms with Crippen molar-refractivity contribution in [3.8, 4) is 11.5 Å². The summed E-state index contributed by atoms with van der Waals surface area (Å²) in [6, 6.07) is 4.39. The van der Waals surface area contributed by atoms with Gasteiger partial charge in [-0.15, -0.1) is 0 Å². The fourth-order valence-electron chi connectivity index (χ4n) is 3.71. The third-order valence-electron chi connectivity index (χ3n) is 5.00. The molecule has 0 bridgehead atoms. The molecule has 0 radical (unpaired) electrons. The summed E-state index contributed by atoms with van der Waals surface area (Å²) in [5.74, 6) is 0.213. The fourth-order valence-corrected chi connectivity index (χ4v) is 3.71. The number of hydrogen-bond acceptors (Lipinski definition) is 4.